The van der Waals surface area contributed by atoms with E-state index in [1.165, 1.54) is 18.2 Å². The van der Waals surface area contributed by atoms with Crippen molar-refractivity contribution in [3.05, 3.63) is 77.4 Å². The van der Waals surface area contributed by atoms with Crippen molar-refractivity contribution in [1.82, 2.24) is 10.2 Å². The van der Waals surface area contributed by atoms with Crippen LogP contribution in [-0.2, 0) is 16.0 Å². The number of nitrogens with zero attached hydrogens (tertiary/aromatic N) is 1. The van der Waals surface area contributed by atoms with E-state index in [4.69, 9.17) is 11.6 Å². The van der Waals surface area contributed by atoms with Gasteiger partial charge in [-0.2, -0.15) is 0 Å². The fourth-order valence-corrected chi connectivity index (χ4v) is 4.90. The first-order chi connectivity index (χ1) is 17.2. The summed E-state index contributed by atoms with van der Waals surface area (Å²) in [5.41, 5.74) is 1.32. The van der Waals surface area contributed by atoms with E-state index in [0.29, 0.717) is 5.56 Å². The zero-order chi connectivity index (χ0) is 26.0. The third-order valence-corrected chi connectivity index (χ3v) is 6.90. The van der Waals surface area contributed by atoms with Gasteiger partial charge in [0, 0.05) is 17.7 Å². The number of fused-ring (bicyclic) bond motifs is 1. The minimum absolute atomic E-state index is 0.0171. The van der Waals surface area contributed by atoms with E-state index >= 15 is 0 Å². The Hall–Kier alpha value is -3.62. The number of likely N-dealkylation sites (tertiary alicyclic amines) is 1. The Labute approximate surface area is 213 Å². The summed E-state index contributed by atoms with van der Waals surface area (Å²) in [5, 5.41) is 34.8. The Morgan fingerprint density at radius 3 is 2.53 bits per heavy atom. The Balaban J connectivity index is 1.64. The molecule has 2 amide bonds. The van der Waals surface area contributed by atoms with E-state index < -0.39 is 41.3 Å². The number of carbonyl (C=O) groups excluding carboxylic acids is 2. The zero-order valence-electron chi connectivity index (χ0n) is 19.6. The largest absolute Gasteiger partial charge is 0.508 e. The number of aliphatic carboxylic acids is 1. The number of amides is 2. The SMILES string of the molecule is Cc1c(O)cccc1C(=O)N[C@@H](Cc1ccc2ccccc2c1)[C@H](O)C(=O)N1C[C@@H](Cl)C[C@H]1C(=O)O. The highest BCUT2D eigenvalue weighted by molar-refractivity contribution is 6.21. The Kier molecular flexibility index (Phi) is 7.47. The summed E-state index contributed by atoms with van der Waals surface area (Å²) in [5.74, 6) is -2.65. The van der Waals surface area contributed by atoms with Crippen molar-refractivity contribution in [3.63, 3.8) is 0 Å². The number of nitrogens with one attached hydrogen (secondary N) is 1. The molecule has 0 radical (unpaired) electrons. The number of phenols is 1. The van der Waals surface area contributed by atoms with Gasteiger partial charge in [-0.15, -0.1) is 11.6 Å². The second kappa shape index (κ2) is 10.6. The normalized spacial score (nSPS) is 19.1. The lowest BCUT2D eigenvalue weighted by Gasteiger charge is -2.29. The van der Waals surface area contributed by atoms with Crippen LogP contribution >= 0.6 is 11.6 Å². The lowest BCUT2D eigenvalue weighted by molar-refractivity contribution is -0.152. The lowest BCUT2D eigenvalue weighted by Crippen LogP contribution is -2.54. The van der Waals surface area contributed by atoms with Gasteiger partial charge in [0.2, 0.25) is 0 Å². The molecule has 0 bridgehead atoms. The fourth-order valence-electron chi connectivity index (χ4n) is 4.58. The Bertz CT molecular complexity index is 1310. The molecule has 36 heavy (non-hydrogen) atoms. The van der Waals surface area contributed by atoms with Crippen molar-refractivity contribution in [2.75, 3.05) is 6.54 Å². The molecule has 1 aliphatic rings. The monoisotopic (exact) mass is 510 g/mol. The number of halogens is 1. The summed E-state index contributed by atoms with van der Waals surface area (Å²) in [6.07, 6.45) is -1.54. The maximum atomic E-state index is 13.3. The van der Waals surface area contributed by atoms with Crippen LogP contribution in [0.2, 0.25) is 0 Å². The van der Waals surface area contributed by atoms with Crippen LogP contribution in [0.15, 0.2) is 60.7 Å². The van der Waals surface area contributed by atoms with Gasteiger partial charge in [-0.1, -0.05) is 48.5 Å². The number of hydrogen-bond donors (Lipinski definition) is 4. The van der Waals surface area contributed by atoms with Gasteiger partial charge in [0.15, 0.2) is 6.10 Å². The molecular weight excluding hydrogens is 484 g/mol. The molecule has 4 atom stereocenters. The summed E-state index contributed by atoms with van der Waals surface area (Å²) >= 11 is 6.12. The van der Waals surface area contributed by atoms with Crippen LogP contribution in [0.5, 0.6) is 5.75 Å². The number of rotatable bonds is 7. The topological polar surface area (TPSA) is 127 Å². The number of aromatic hydroxyl groups is 1. The van der Waals surface area contributed by atoms with E-state index in [0.717, 1.165) is 21.2 Å². The molecule has 9 heteroatoms. The van der Waals surface area contributed by atoms with Gasteiger partial charge in [0.25, 0.3) is 11.8 Å². The number of benzene rings is 3. The van der Waals surface area contributed by atoms with Crippen LogP contribution in [0.4, 0.5) is 0 Å². The molecular formula is C27H27ClN2O6. The van der Waals surface area contributed by atoms with E-state index in [2.05, 4.69) is 5.32 Å². The van der Waals surface area contributed by atoms with Gasteiger partial charge >= 0.3 is 5.97 Å². The molecule has 0 unspecified atom stereocenters. The van der Waals surface area contributed by atoms with Crippen LogP contribution in [-0.4, -0.2) is 68.1 Å². The minimum Gasteiger partial charge on any atom is -0.508 e. The molecule has 3 aromatic rings. The summed E-state index contributed by atoms with van der Waals surface area (Å²) < 4.78 is 0. The second-order valence-corrected chi connectivity index (χ2v) is 9.65. The van der Waals surface area contributed by atoms with Crippen LogP contribution in [0.1, 0.15) is 27.9 Å². The van der Waals surface area contributed by atoms with Crippen LogP contribution in [0, 0.1) is 6.92 Å². The van der Waals surface area contributed by atoms with Gasteiger partial charge in [0.1, 0.15) is 11.8 Å². The first kappa shape index (κ1) is 25.5. The third kappa shape index (κ3) is 5.29. The molecule has 1 saturated heterocycles. The van der Waals surface area contributed by atoms with E-state index in [1.54, 1.807) is 6.92 Å². The quantitative estimate of drug-likeness (QED) is 0.362. The van der Waals surface area contributed by atoms with Crippen molar-refractivity contribution < 1.29 is 29.7 Å². The van der Waals surface area contributed by atoms with Gasteiger partial charge in [-0.05, 0) is 48.2 Å². The average molecular weight is 511 g/mol. The number of aliphatic hydroxyl groups excluding tert-OH is 1. The third-order valence-electron chi connectivity index (χ3n) is 6.59. The molecule has 188 valence electrons. The van der Waals surface area contributed by atoms with Crippen molar-refractivity contribution >= 4 is 40.2 Å². The molecule has 1 fully saturated rings. The van der Waals surface area contributed by atoms with Crippen molar-refractivity contribution in [2.45, 2.75) is 43.3 Å². The maximum Gasteiger partial charge on any atom is 0.326 e. The van der Waals surface area contributed by atoms with Crippen LogP contribution in [0.3, 0.4) is 0 Å². The summed E-state index contributed by atoms with van der Waals surface area (Å²) in [4.78, 5) is 39.1. The summed E-state index contributed by atoms with van der Waals surface area (Å²) in [6, 6.07) is 15.7. The van der Waals surface area contributed by atoms with E-state index in [-0.39, 0.29) is 30.7 Å². The molecule has 4 N–H and O–H groups in total. The standard InChI is InChI=1S/C27H27ClN2O6/c1-15-20(7-4-8-23(15)31)25(33)29-21(12-16-9-10-17-5-2-3-6-18(17)11-16)24(32)26(34)30-14-19(28)13-22(30)27(35)36/h2-11,19,21-22,24,31-32H,12-14H2,1H3,(H,29,33)(H,35,36)/t19-,21-,22-,24-/m0/s1. The van der Waals surface area contributed by atoms with E-state index in [9.17, 15) is 29.7 Å². The van der Waals surface area contributed by atoms with Gasteiger partial charge < -0.3 is 25.5 Å². The van der Waals surface area contributed by atoms with Crippen molar-refractivity contribution in [1.29, 1.82) is 0 Å². The second-order valence-electron chi connectivity index (χ2n) is 9.04. The van der Waals surface area contributed by atoms with Gasteiger partial charge in [-0.3, -0.25) is 9.59 Å². The molecule has 0 spiro atoms. The number of carboxylic acid groups (broad SMARTS) is 1. The molecule has 0 aliphatic carbocycles. The smallest absolute Gasteiger partial charge is 0.326 e. The first-order valence-electron chi connectivity index (χ1n) is 11.6. The highest BCUT2D eigenvalue weighted by Crippen LogP contribution is 2.25. The molecule has 3 aromatic carbocycles. The Morgan fingerprint density at radius 1 is 1.08 bits per heavy atom. The van der Waals surface area contributed by atoms with Crippen molar-refractivity contribution in [2.24, 2.45) is 0 Å². The molecule has 1 aliphatic heterocycles. The number of aliphatic hydroxyl groups is 1. The van der Waals surface area contributed by atoms with E-state index in [1.807, 2.05) is 42.5 Å². The number of hydrogen-bond acceptors (Lipinski definition) is 5. The minimum atomic E-state index is -1.72. The predicted molar refractivity (Wildman–Crippen MR) is 135 cm³/mol. The number of carbonyl (C=O) groups is 3. The summed E-state index contributed by atoms with van der Waals surface area (Å²) in [6.45, 7) is 1.57. The number of phenolic OH excluding ortho intramolecular Hbond substituents is 1. The number of alkyl halides is 1. The van der Waals surface area contributed by atoms with Crippen LogP contribution in [0.25, 0.3) is 10.8 Å². The zero-order valence-corrected chi connectivity index (χ0v) is 20.4. The molecule has 0 aromatic heterocycles. The maximum absolute atomic E-state index is 13.3. The molecule has 8 nitrogen and oxygen atoms in total. The van der Waals surface area contributed by atoms with Crippen LogP contribution < -0.4 is 5.32 Å². The molecule has 0 saturated carbocycles. The van der Waals surface area contributed by atoms with Gasteiger partial charge in [-0.25, -0.2) is 4.79 Å². The first-order valence-corrected chi connectivity index (χ1v) is 12.0. The average Bonchev–Trinajstić information content (AvgIpc) is 3.26. The summed E-state index contributed by atoms with van der Waals surface area (Å²) in [7, 11) is 0. The highest BCUT2D eigenvalue weighted by atomic mass is 35.5. The highest BCUT2D eigenvalue weighted by Gasteiger charge is 2.43. The number of carboxylic acids is 1. The van der Waals surface area contributed by atoms with Gasteiger partial charge in [0.05, 0.1) is 11.4 Å². The molecule has 4 rings (SSSR count). The lowest BCUT2D eigenvalue weighted by atomic mass is 9.97. The Morgan fingerprint density at radius 2 is 1.81 bits per heavy atom. The van der Waals surface area contributed by atoms with Crippen molar-refractivity contribution in [3.8, 4) is 5.75 Å². The predicted octanol–water partition coefficient (Wildman–Crippen LogP) is 2.85. The fraction of sp³-hybridized carbons (Fsp3) is 0.296. The molecule has 1 heterocycles.